The van der Waals surface area contributed by atoms with Gasteiger partial charge in [-0.2, -0.15) is 13.2 Å². The topological polar surface area (TPSA) is 94.6 Å². The van der Waals surface area contributed by atoms with Gasteiger partial charge in [-0.3, -0.25) is 9.00 Å². The molecule has 4 atom stereocenters. The lowest BCUT2D eigenvalue weighted by molar-refractivity contribution is -0.141. The lowest BCUT2D eigenvalue weighted by atomic mass is 9.99. The molecule has 186 valence electrons. The summed E-state index contributed by atoms with van der Waals surface area (Å²) in [5.41, 5.74) is -0.682. The number of carbonyl (C=O) groups excluding carboxylic acids is 1. The first-order valence-electron chi connectivity index (χ1n) is 10.5. The maximum absolute atomic E-state index is 14.3. The standard InChI is InChI=1S/C22H25F4N3O4S/c1-12-8-16(12)11-33-21-15(5-7-19(28-21)22(24,25)26)10-27-20(30)13(2)14-4-6-18(17(23)9-14)29(3)34(31)32/h4-7,9,12-13,16H,8,10-11H2,1-3H3,(H,27,30)(H,31,32)/p-1. The number of halogens is 4. The number of aromatic nitrogens is 1. The third-order valence-electron chi connectivity index (χ3n) is 5.82. The first-order chi connectivity index (χ1) is 15.9. The summed E-state index contributed by atoms with van der Waals surface area (Å²) < 4.78 is 81.9. The first kappa shape index (κ1) is 25.9. The summed E-state index contributed by atoms with van der Waals surface area (Å²) in [7, 11) is 1.18. The van der Waals surface area contributed by atoms with E-state index in [-0.39, 0.29) is 36.2 Å². The van der Waals surface area contributed by atoms with E-state index < -0.39 is 40.8 Å². The van der Waals surface area contributed by atoms with Crippen LogP contribution in [0.1, 0.15) is 43.0 Å². The molecule has 1 amide bonds. The van der Waals surface area contributed by atoms with Crippen molar-refractivity contribution in [3.05, 3.63) is 53.0 Å². The van der Waals surface area contributed by atoms with E-state index in [2.05, 4.69) is 10.3 Å². The minimum Gasteiger partial charge on any atom is -0.755 e. The minimum atomic E-state index is -4.63. The van der Waals surface area contributed by atoms with E-state index in [9.17, 15) is 31.1 Å². The summed E-state index contributed by atoms with van der Waals surface area (Å²) in [6.45, 7) is 3.64. The summed E-state index contributed by atoms with van der Waals surface area (Å²) in [6, 6.07) is 5.77. The van der Waals surface area contributed by atoms with Gasteiger partial charge in [0.05, 0.1) is 18.2 Å². The maximum atomic E-state index is 14.3. The predicted octanol–water partition coefficient (Wildman–Crippen LogP) is 3.92. The van der Waals surface area contributed by atoms with Crippen LogP contribution in [-0.2, 0) is 28.8 Å². The molecule has 0 saturated heterocycles. The summed E-state index contributed by atoms with van der Waals surface area (Å²) in [5.74, 6) is -1.63. The largest absolute Gasteiger partial charge is 0.755 e. The van der Waals surface area contributed by atoms with Crippen molar-refractivity contribution in [2.75, 3.05) is 18.0 Å². The third kappa shape index (κ3) is 6.23. The van der Waals surface area contributed by atoms with Crippen LogP contribution in [0.5, 0.6) is 5.88 Å². The molecule has 1 saturated carbocycles. The van der Waals surface area contributed by atoms with Gasteiger partial charge in [0.1, 0.15) is 11.5 Å². The Morgan fingerprint density at radius 3 is 2.59 bits per heavy atom. The van der Waals surface area contributed by atoms with Crippen molar-refractivity contribution in [3.8, 4) is 5.88 Å². The molecule has 0 radical (unpaired) electrons. The van der Waals surface area contributed by atoms with Crippen LogP contribution in [0.4, 0.5) is 23.2 Å². The van der Waals surface area contributed by atoms with Gasteiger partial charge in [0.25, 0.3) is 0 Å². The number of alkyl halides is 3. The molecule has 0 bridgehead atoms. The summed E-state index contributed by atoms with van der Waals surface area (Å²) in [4.78, 5) is 16.2. The Balaban J connectivity index is 1.70. The second-order valence-corrected chi connectivity index (χ2v) is 9.29. The van der Waals surface area contributed by atoms with Crippen LogP contribution >= 0.6 is 0 Å². The molecule has 3 rings (SSSR count). The molecule has 1 aliphatic carbocycles. The number of nitrogens with one attached hydrogen (secondary N) is 1. The van der Waals surface area contributed by atoms with Crippen molar-refractivity contribution in [2.24, 2.45) is 11.8 Å². The highest BCUT2D eigenvalue weighted by atomic mass is 32.2. The molecule has 4 unspecified atom stereocenters. The van der Waals surface area contributed by atoms with Crippen molar-refractivity contribution in [1.29, 1.82) is 0 Å². The molecule has 2 aromatic rings. The van der Waals surface area contributed by atoms with Gasteiger partial charge in [-0.25, -0.2) is 9.37 Å². The van der Waals surface area contributed by atoms with Crippen LogP contribution < -0.4 is 14.4 Å². The molecule has 1 aliphatic rings. The van der Waals surface area contributed by atoms with Gasteiger partial charge >= 0.3 is 6.18 Å². The Hall–Kier alpha value is -2.73. The summed E-state index contributed by atoms with van der Waals surface area (Å²) in [5, 5.41) is 2.61. The number of nitrogens with zero attached hydrogens (tertiary/aromatic N) is 2. The van der Waals surface area contributed by atoms with E-state index in [0.717, 1.165) is 18.6 Å². The normalized spacial score (nSPS) is 19.3. The van der Waals surface area contributed by atoms with Gasteiger partial charge in [0.15, 0.2) is 0 Å². The van der Waals surface area contributed by atoms with E-state index in [4.69, 9.17) is 4.74 Å². The second kappa shape index (κ2) is 10.3. The average Bonchev–Trinajstić information content (AvgIpc) is 3.49. The SMILES string of the molecule is CC(C(=O)NCc1ccc(C(F)(F)F)nc1OCC1CC1C)c1ccc(N(C)S(=O)[O-])c(F)c1. The van der Waals surface area contributed by atoms with Gasteiger partial charge in [-0.15, -0.1) is 0 Å². The Morgan fingerprint density at radius 2 is 2.03 bits per heavy atom. The number of benzene rings is 1. The molecule has 7 nitrogen and oxygen atoms in total. The molecule has 34 heavy (non-hydrogen) atoms. The van der Waals surface area contributed by atoms with E-state index in [1.165, 1.54) is 32.2 Å². The van der Waals surface area contributed by atoms with Gasteiger partial charge in [-0.05, 0) is 55.0 Å². The minimum absolute atomic E-state index is 0.137. The van der Waals surface area contributed by atoms with Crippen LogP contribution in [0.2, 0.25) is 0 Å². The lowest BCUT2D eigenvalue weighted by Gasteiger charge is -2.22. The number of hydrogen-bond donors (Lipinski definition) is 1. The fourth-order valence-electron chi connectivity index (χ4n) is 3.32. The Morgan fingerprint density at radius 1 is 1.35 bits per heavy atom. The fraction of sp³-hybridized carbons (Fsp3) is 0.455. The smallest absolute Gasteiger partial charge is 0.433 e. The van der Waals surface area contributed by atoms with Crippen molar-refractivity contribution in [3.63, 3.8) is 0 Å². The molecule has 12 heteroatoms. The number of anilines is 1. The van der Waals surface area contributed by atoms with Crippen molar-refractivity contribution >= 4 is 22.9 Å². The Kier molecular flexibility index (Phi) is 7.81. The van der Waals surface area contributed by atoms with Crippen molar-refractivity contribution in [2.45, 2.75) is 38.9 Å². The zero-order valence-electron chi connectivity index (χ0n) is 18.7. The Labute approximate surface area is 196 Å². The van der Waals surface area contributed by atoms with Gasteiger partial charge in [0.2, 0.25) is 11.8 Å². The van der Waals surface area contributed by atoms with Crippen LogP contribution in [0.25, 0.3) is 0 Å². The molecular weight excluding hydrogens is 478 g/mol. The van der Waals surface area contributed by atoms with E-state index in [1.807, 2.05) is 6.92 Å². The zero-order valence-corrected chi connectivity index (χ0v) is 19.5. The number of ether oxygens (including phenoxy) is 1. The molecule has 1 aromatic heterocycles. The molecular formula is C22H24F4N3O4S-. The van der Waals surface area contributed by atoms with Crippen LogP contribution in [0, 0.1) is 17.7 Å². The molecule has 0 aliphatic heterocycles. The highest BCUT2D eigenvalue weighted by Crippen LogP contribution is 2.38. The monoisotopic (exact) mass is 502 g/mol. The maximum Gasteiger partial charge on any atom is 0.433 e. The number of carbonyl (C=O) groups is 1. The zero-order chi connectivity index (χ0) is 25.2. The van der Waals surface area contributed by atoms with Gasteiger partial charge < -0.3 is 18.9 Å². The molecule has 1 fully saturated rings. The molecule has 1 N–H and O–H groups in total. The highest BCUT2D eigenvalue weighted by molar-refractivity contribution is 7.80. The number of amides is 1. The summed E-state index contributed by atoms with van der Waals surface area (Å²) in [6.07, 6.45) is -3.71. The third-order valence-corrected chi connectivity index (χ3v) is 6.46. The number of hydrogen-bond acceptors (Lipinski definition) is 5. The molecule has 1 heterocycles. The summed E-state index contributed by atoms with van der Waals surface area (Å²) >= 11 is -2.66. The Bertz CT molecular complexity index is 1080. The van der Waals surface area contributed by atoms with Crippen molar-refractivity contribution < 1.29 is 35.9 Å². The van der Waals surface area contributed by atoms with E-state index >= 15 is 0 Å². The first-order valence-corrected chi connectivity index (χ1v) is 11.5. The van der Waals surface area contributed by atoms with Gasteiger partial charge in [0, 0.05) is 30.4 Å². The fourth-order valence-corrected chi connectivity index (χ4v) is 3.63. The van der Waals surface area contributed by atoms with Gasteiger partial charge in [-0.1, -0.05) is 13.0 Å². The van der Waals surface area contributed by atoms with Crippen LogP contribution in [-0.4, -0.2) is 33.3 Å². The van der Waals surface area contributed by atoms with E-state index in [1.54, 1.807) is 0 Å². The average molecular weight is 503 g/mol. The number of pyridine rings is 1. The quantitative estimate of drug-likeness (QED) is 0.414. The van der Waals surface area contributed by atoms with E-state index in [0.29, 0.717) is 15.8 Å². The van der Waals surface area contributed by atoms with Crippen molar-refractivity contribution in [1.82, 2.24) is 10.3 Å². The lowest BCUT2D eigenvalue weighted by Crippen LogP contribution is -2.28. The second-order valence-electron chi connectivity index (χ2n) is 8.31. The van der Waals surface area contributed by atoms with Crippen LogP contribution in [0.15, 0.2) is 30.3 Å². The predicted molar refractivity (Wildman–Crippen MR) is 116 cm³/mol. The molecule has 0 spiro atoms. The van der Waals surface area contributed by atoms with Crippen LogP contribution in [0.3, 0.4) is 0 Å². The number of rotatable bonds is 9. The molecule has 1 aromatic carbocycles. The highest BCUT2D eigenvalue weighted by Gasteiger charge is 2.35.